The summed E-state index contributed by atoms with van der Waals surface area (Å²) in [7, 11) is 0. The molecule has 0 fully saturated rings. The van der Waals surface area contributed by atoms with E-state index in [0.29, 0.717) is 17.0 Å². The van der Waals surface area contributed by atoms with E-state index in [1.54, 1.807) is 11.3 Å². The van der Waals surface area contributed by atoms with Gasteiger partial charge in [0.05, 0.1) is 5.69 Å². The van der Waals surface area contributed by atoms with Crippen molar-refractivity contribution >= 4 is 43.8 Å². The predicted octanol–water partition coefficient (Wildman–Crippen LogP) is 4.52. The minimum Gasteiger partial charge on any atom is -0.487 e. The number of alkyl halides is 1. The second kappa shape index (κ2) is 5.53. The zero-order chi connectivity index (χ0) is 13.2. The lowest BCUT2D eigenvalue weighted by Gasteiger charge is -2.09. The van der Waals surface area contributed by atoms with E-state index >= 15 is 0 Å². The molecular weight excluding hydrogens is 348 g/mol. The van der Waals surface area contributed by atoms with Gasteiger partial charge in [-0.3, -0.25) is 4.40 Å². The van der Waals surface area contributed by atoms with Crippen LogP contribution in [0.15, 0.2) is 36.0 Å². The lowest BCUT2D eigenvalue weighted by molar-refractivity contribution is 0.300. The average molecular weight is 358 g/mol. The van der Waals surface area contributed by atoms with Crippen LogP contribution in [0.1, 0.15) is 11.3 Å². The molecule has 0 aliphatic carbocycles. The fraction of sp³-hybridized carbons (Fsp3) is 0.154. The summed E-state index contributed by atoms with van der Waals surface area (Å²) in [5.74, 6) is 0.831. The highest BCUT2D eigenvalue weighted by atomic mass is 79.9. The maximum absolute atomic E-state index is 5.96. The van der Waals surface area contributed by atoms with Crippen molar-refractivity contribution in [2.45, 2.75) is 11.9 Å². The molecule has 98 valence electrons. The highest BCUT2D eigenvalue weighted by Crippen LogP contribution is 2.25. The van der Waals surface area contributed by atoms with Gasteiger partial charge in [-0.1, -0.05) is 27.5 Å². The number of ether oxygens (including phenoxy) is 1. The van der Waals surface area contributed by atoms with Gasteiger partial charge in [-0.15, -0.1) is 11.3 Å². The van der Waals surface area contributed by atoms with Crippen molar-refractivity contribution < 1.29 is 4.74 Å². The van der Waals surface area contributed by atoms with Crippen molar-refractivity contribution in [3.8, 4) is 5.75 Å². The van der Waals surface area contributed by atoms with E-state index in [0.717, 1.165) is 22.0 Å². The van der Waals surface area contributed by atoms with E-state index in [9.17, 15) is 0 Å². The number of rotatable bonds is 4. The van der Waals surface area contributed by atoms with Crippen LogP contribution in [0.2, 0.25) is 5.02 Å². The van der Waals surface area contributed by atoms with Crippen LogP contribution in [-0.2, 0) is 11.9 Å². The van der Waals surface area contributed by atoms with Crippen LogP contribution in [0.3, 0.4) is 0 Å². The van der Waals surface area contributed by atoms with Gasteiger partial charge in [0, 0.05) is 33.7 Å². The molecule has 0 bridgehead atoms. The van der Waals surface area contributed by atoms with E-state index in [-0.39, 0.29) is 0 Å². The molecular formula is C13H10BrClN2OS. The molecule has 0 atom stereocenters. The normalized spacial score (nSPS) is 11.1. The Kier molecular flexibility index (Phi) is 3.77. The minimum atomic E-state index is 0.454. The van der Waals surface area contributed by atoms with Crippen molar-refractivity contribution in [3.63, 3.8) is 0 Å². The largest absolute Gasteiger partial charge is 0.487 e. The molecule has 3 aromatic rings. The van der Waals surface area contributed by atoms with E-state index in [1.807, 2.05) is 40.4 Å². The van der Waals surface area contributed by atoms with Crippen molar-refractivity contribution in [2.24, 2.45) is 0 Å². The van der Waals surface area contributed by atoms with Crippen LogP contribution >= 0.6 is 38.9 Å². The third-order valence-corrected chi connectivity index (χ3v) is 4.30. The van der Waals surface area contributed by atoms with Gasteiger partial charge in [0.2, 0.25) is 0 Å². The molecule has 2 aromatic heterocycles. The number of hydrogen-bond donors (Lipinski definition) is 0. The fourth-order valence-electron chi connectivity index (χ4n) is 1.79. The lowest BCUT2D eigenvalue weighted by atomic mass is 10.2. The van der Waals surface area contributed by atoms with Crippen LogP contribution in [-0.4, -0.2) is 9.38 Å². The molecule has 0 radical (unpaired) electrons. The minimum absolute atomic E-state index is 0.454. The summed E-state index contributed by atoms with van der Waals surface area (Å²) in [6, 6.07) is 5.61. The van der Waals surface area contributed by atoms with Crippen LogP contribution in [0, 0.1) is 0 Å². The third kappa shape index (κ3) is 2.78. The van der Waals surface area contributed by atoms with E-state index in [1.165, 1.54) is 0 Å². The molecule has 0 unspecified atom stereocenters. The Morgan fingerprint density at radius 3 is 3.11 bits per heavy atom. The topological polar surface area (TPSA) is 26.5 Å². The molecule has 3 nitrogen and oxygen atoms in total. The Morgan fingerprint density at radius 2 is 2.32 bits per heavy atom. The molecule has 1 aromatic carbocycles. The van der Waals surface area contributed by atoms with Crippen LogP contribution in [0.25, 0.3) is 4.96 Å². The summed E-state index contributed by atoms with van der Waals surface area (Å²) in [4.78, 5) is 5.46. The number of halogens is 2. The summed E-state index contributed by atoms with van der Waals surface area (Å²) in [6.45, 7) is 0.454. The highest BCUT2D eigenvalue weighted by molar-refractivity contribution is 9.08. The number of benzene rings is 1. The maximum Gasteiger partial charge on any atom is 0.193 e. The number of nitrogens with zero attached hydrogens (tertiary/aromatic N) is 2. The van der Waals surface area contributed by atoms with Crippen molar-refractivity contribution in [2.75, 3.05) is 0 Å². The third-order valence-electron chi connectivity index (χ3n) is 2.69. The number of imidazole rings is 1. The van der Waals surface area contributed by atoms with E-state index < -0.39 is 0 Å². The fourth-order valence-corrected chi connectivity index (χ4v) is 3.14. The van der Waals surface area contributed by atoms with Crippen molar-refractivity contribution in [1.29, 1.82) is 0 Å². The first-order valence-corrected chi connectivity index (χ1v) is 8.02. The first kappa shape index (κ1) is 13.0. The van der Waals surface area contributed by atoms with Crippen LogP contribution in [0.5, 0.6) is 5.75 Å². The molecule has 0 amide bonds. The zero-order valence-electron chi connectivity index (χ0n) is 9.85. The molecule has 2 heterocycles. The Hall–Kier alpha value is -1.04. The summed E-state index contributed by atoms with van der Waals surface area (Å²) < 4.78 is 7.80. The molecule has 0 spiro atoms. The average Bonchev–Trinajstić information content (AvgIpc) is 2.97. The van der Waals surface area contributed by atoms with Crippen LogP contribution in [0.4, 0.5) is 0 Å². The summed E-state index contributed by atoms with van der Waals surface area (Å²) in [5.41, 5.74) is 1.95. The highest BCUT2D eigenvalue weighted by Gasteiger charge is 2.07. The number of thiazole rings is 1. The molecule has 0 saturated heterocycles. The zero-order valence-corrected chi connectivity index (χ0v) is 13.0. The molecule has 0 saturated carbocycles. The first-order chi connectivity index (χ1) is 9.26. The summed E-state index contributed by atoms with van der Waals surface area (Å²) >= 11 is 11.0. The van der Waals surface area contributed by atoms with Crippen LogP contribution < -0.4 is 4.74 Å². The quantitative estimate of drug-likeness (QED) is 0.642. The van der Waals surface area contributed by atoms with Gasteiger partial charge in [0.25, 0.3) is 0 Å². The second-order valence-corrected chi connectivity index (χ2v) is 5.87. The first-order valence-electron chi connectivity index (χ1n) is 5.64. The molecule has 0 aliphatic heterocycles. The number of hydrogen-bond acceptors (Lipinski definition) is 3. The molecule has 0 aliphatic rings. The van der Waals surface area contributed by atoms with Gasteiger partial charge >= 0.3 is 0 Å². The Morgan fingerprint density at radius 1 is 1.42 bits per heavy atom. The second-order valence-electron chi connectivity index (χ2n) is 4.00. The Bertz CT molecular complexity index is 681. The standard InChI is InChI=1S/C13H10BrClN2OS/c14-6-9-5-10(15)1-2-12(9)18-8-11-7-17-3-4-19-13(17)16-11/h1-5,7H,6,8H2. The van der Waals surface area contributed by atoms with Gasteiger partial charge < -0.3 is 4.74 Å². The van der Waals surface area contributed by atoms with E-state index in [4.69, 9.17) is 16.3 Å². The lowest BCUT2D eigenvalue weighted by Crippen LogP contribution is -1.98. The summed E-state index contributed by atoms with van der Waals surface area (Å²) in [5, 5.41) is 3.43. The monoisotopic (exact) mass is 356 g/mol. The number of aromatic nitrogens is 2. The van der Waals surface area contributed by atoms with Gasteiger partial charge in [0.15, 0.2) is 4.96 Å². The smallest absolute Gasteiger partial charge is 0.193 e. The maximum atomic E-state index is 5.96. The Balaban J connectivity index is 1.77. The Labute approximate surface area is 127 Å². The summed E-state index contributed by atoms with van der Waals surface area (Å²) in [6.07, 6.45) is 3.97. The predicted molar refractivity (Wildman–Crippen MR) is 81.5 cm³/mol. The number of fused-ring (bicyclic) bond motifs is 1. The molecule has 3 rings (SSSR count). The molecule has 19 heavy (non-hydrogen) atoms. The molecule has 6 heteroatoms. The van der Waals surface area contributed by atoms with Crippen molar-refractivity contribution in [3.05, 3.63) is 52.3 Å². The van der Waals surface area contributed by atoms with Crippen molar-refractivity contribution in [1.82, 2.24) is 9.38 Å². The van der Waals surface area contributed by atoms with E-state index in [2.05, 4.69) is 20.9 Å². The van der Waals surface area contributed by atoms with Gasteiger partial charge in [-0.05, 0) is 18.2 Å². The SMILES string of the molecule is Clc1ccc(OCc2cn3ccsc3n2)c(CBr)c1. The molecule has 0 N–H and O–H groups in total. The van der Waals surface area contributed by atoms with Gasteiger partial charge in [-0.2, -0.15) is 0 Å². The van der Waals surface area contributed by atoms with Gasteiger partial charge in [-0.25, -0.2) is 4.98 Å². The van der Waals surface area contributed by atoms with Gasteiger partial charge in [0.1, 0.15) is 12.4 Å².